The van der Waals surface area contributed by atoms with Crippen molar-refractivity contribution in [2.75, 3.05) is 19.6 Å². The topological polar surface area (TPSA) is 24.1 Å². The van der Waals surface area contributed by atoms with Gasteiger partial charge in [-0.1, -0.05) is 41.9 Å². The van der Waals surface area contributed by atoms with E-state index in [0.717, 1.165) is 25.2 Å². The fourth-order valence-electron chi connectivity index (χ4n) is 1.58. The molecule has 0 aromatic heterocycles. The van der Waals surface area contributed by atoms with Gasteiger partial charge >= 0.3 is 0 Å². The van der Waals surface area contributed by atoms with E-state index >= 15 is 0 Å². The van der Waals surface area contributed by atoms with Crippen molar-refractivity contribution in [3.63, 3.8) is 0 Å². The third-order valence-electron chi connectivity index (χ3n) is 2.31. The highest BCUT2D eigenvalue weighted by Crippen LogP contribution is 2.25. The molecule has 0 spiro atoms. The van der Waals surface area contributed by atoms with Gasteiger partial charge in [-0.2, -0.15) is 0 Å². The highest BCUT2D eigenvalue weighted by Gasteiger charge is 2.30. The van der Waals surface area contributed by atoms with Crippen LogP contribution in [0.5, 0.6) is 0 Å². The number of nitrogens with one attached hydrogen (secondary N) is 2. The monoisotopic (exact) mass is 196 g/mol. The van der Waals surface area contributed by atoms with E-state index in [1.165, 1.54) is 0 Å². The summed E-state index contributed by atoms with van der Waals surface area (Å²) in [5, 5.41) is 6.59. The lowest BCUT2D eigenvalue weighted by atomic mass is 10.1. The Morgan fingerprint density at radius 1 is 1.15 bits per heavy atom. The van der Waals surface area contributed by atoms with Gasteiger partial charge in [0.05, 0.1) is 0 Å². The van der Waals surface area contributed by atoms with E-state index in [9.17, 15) is 0 Å². The van der Waals surface area contributed by atoms with E-state index in [2.05, 4.69) is 10.6 Å². The molecule has 1 saturated heterocycles. The van der Waals surface area contributed by atoms with E-state index in [4.69, 9.17) is 11.6 Å². The second-order valence-electron chi connectivity index (χ2n) is 3.27. The quantitative estimate of drug-likeness (QED) is 0.522. The summed E-state index contributed by atoms with van der Waals surface area (Å²) >= 11 is 6.43. The lowest BCUT2D eigenvalue weighted by Crippen LogP contribution is -2.53. The highest BCUT2D eigenvalue weighted by molar-refractivity contribution is 6.24. The minimum absolute atomic E-state index is 0.417. The molecule has 0 bridgehead atoms. The van der Waals surface area contributed by atoms with Crippen molar-refractivity contribution in [3.8, 4) is 0 Å². The van der Waals surface area contributed by atoms with Crippen molar-refractivity contribution in [2.45, 2.75) is 5.00 Å². The SMILES string of the molecule is ClC1(c2ccccc2)CNCCN1. The lowest BCUT2D eigenvalue weighted by molar-refractivity contribution is 0.383. The molecule has 3 heteroatoms. The maximum Gasteiger partial charge on any atom is 0.132 e. The average Bonchev–Trinajstić information content (AvgIpc) is 2.20. The molecule has 70 valence electrons. The Bertz CT molecular complexity index is 268. The largest absolute Gasteiger partial charge is 0.312 e. The zero-order chi connectivity index (χ0) is 9.15. The van der Waals surface area contributed by atoms with Crippen molar-refractivity contribution in [1.82, 2.24) is 10.6 Å². The van der Waals surface area contributed by atoms with Crippen LogP contribution < -0.4 is 10.6 Å². The minimum atomic E-state index is -0.417. The van der Waals surface area contributed by atoms with Crippen LogP contribution in [-0.2, 0) is 5.00 Å². The van der Waals surface area contributed by atoms with Crippen molar-refractivity contribution < 1.29 is 0 Å². The van der Waals surface area contributed by atoms with Gasteiger partial charge < -0.3 is 5.32 Å². The van der Waals surface area contributed by atoms with Crippen molar-refractivity contribution >= 4 is 11.6 Å². The van der Waals surface area contributed by atoms with Gasteiger partial charge in [0.2, 0.25) is 0 Å². The van der Waals surface area contributed by atoms with Crippen LogP contribution in [-0.4, -0.2) is 19.6 Å². The van der Waals surface area contributed by atoms with Crippen molar-refractivity contribution in [1.29, 1.82) is 0 Å². The summed E-state index contributed by atoms with van der Waals surface area (Å²) in [5.74, 6) is 0. The molecule has 2 nitrogen and oxygen atoms in total. The standard InChI is InChI=1S/C10H13ClN2/c11-10(8-12-6-7-13-10)9-4-2-1-3-5-9/h1-5,12-13H,6-8H2. The Labute approximate surface area is 83.3 Å². The van der Waals surface area contributed by atoms with Gasteiger partial charge in [-0.25, -0.2) is 0 Å². The number of benzene rings is 1. The molecule has 0 saturated carbocycles. The van der Waals surface area contributed by atoms with Gasteiger partial charge in [0.15, 0.2) is 0 Å². The van der Waals surface area contributed by atoms with Gasteiger partial charge in [0.1, 0.15) is 5.00 Å². The van der Waals surface area contributed by atoms with Crippen LogP contribution in [0.1, 0.15) is 5.56 Å². The fraction of sp³-hybridized carbons (Fsp3) is 0.400. The highest BCUT2D eigenvalue weighted by atomic mass is 35.5. The summed E-state index contributed by atoms with van der Waals surface area (Å²) in [6, 6.07) is 10.1. The van der Waals surface area contributed by atoms with E-state index in [-0.39, 0.29) is 0 Å². The first-order chi connectivity index (χ1) is 6.31. The molecule has 0 amide bonds. The Morgan fingerprint density at radius 2 is 1.92 bits per heavy atom. The summed E-state index contributed by atoms with van der Waals surface area (Å²) in [7, 11) is 0. The maximum atomic E-state index is 6.43. The third-order valence-corrected chi connectivity index (χ3v) is 2.79. The van der Waals surface area contributed by atoms with Gasteiger partial charge in [0.25, 0.3) is 0 Å². The smallest absolute Gasteiger partial charge is 0.132 e. The van der Waals surface area contributed by atoms with E-state index in [0.29, 0.717) is 0 Å². The van der Waals surface area contributed by atoms with Crippen LogP contribution in [0.4, 0.5) is 0 Å². The zero-order valence-electron chi connectivity index (χ0n) is 7.39. The van der Waals surface area contributed by atoms with E-state index in [1.54, 1.807) is 0 Å². The van der Waals surface area contributed by atoms with Crippen molar-refractivity contribution in [3.05, 3.63) is 35.9 Å². The zero-order valence-corrected chi connectivity index (χ0v) is 8.14. The second-order valence-corrected chi connectivity index (χ2v) is 3.92. The van der Waals surface area contributed by atoms with Crippen LogP contribution in [0.15, 0.2) is 30.3 Å². The van der Waals surface area contributed by atoms with E-state index < -0.39 is 5.00 Å². The number of piperazine rings is 1. The molecule has 1 unspecified atom stereocenters. The fourth-order valence-corrected chi connectivity index (χ4v) is 1.89. The molecule has 13 heavy (non-hydrogen) atoms. The third kappa shape index (κ3) is 1.85. The van der Waals surface area contributed by atoms with Gasteiger partial charge in [-0.15, -0.1) is 0 Å². The molecule has 1 fully saturated rings. The van der Waals surface area contributed by atoms with Gasteiger partial charge in [0, 0.05) is 19.6 Å². The molecule has 1 aliphatic rings. The molecule has 2 N–H and O–H groups in total. The van der Waals surface area contributed by atoms with Crippen LogP contribution in [0.3, 0.4) is 0 Å². The summed E-state index contributed by atoms with van der Waals surface area (Å²) in [6.07, 6.45) is 0. The molecule has 2 rings (SSSR count). The van der Waals surface area contributed by atoms with Gasteiger partial charge in [-0.05, 0) is 5.56 Å². The first-order valence-corrected chi connectivity index (χ1v) is 4.89. The lowest BCUT2D eigenvalue weighted by Gasteiger charge is -2.33. The summed E-state index contributed by atoms with van der Waals surface area (Å²) in [6.45, 7) is 2.68. The molecule has 0 aliphatic carbocycles. The number of hydrogen-bond donors (Lipinski definition) is 2. The molecule has 1 atom stereocenters. The Morgan fingerprint density at radius 3 is 2.54 bits per heavy atom. The Balaban J connectivity index is 2.23. The summed E-state index contributed by atoms with van der Waals surface area (Å²) < 4.78 is 0. The number of halogens is 1. The molecular formula is C10H13ClN2. The van der Waals surface area contributed by atoms with Crippen molar-refractivity contribution in [2.24, 2.45) is 0 Å². The summed E-state index contributed by atoms with van der Waals surface area (Å²) in [5.41, 5.74) is 1.13. The van der Waals surface area contributed by atoms with Crippen LogP contribution in [0.25, 0.3) is 0 Å². The number of alkyl halides is 1. The van der Waals surface area contributed by atoms with Crippen LogP contribution >= 0.6 is 11.6 Å². The first kappa shape index (κ1) is 9.00. The molecule has 1 heterocycles. The molecular weight excluding hydrogens is 184 g/mol. The van der Waals surface area contributed by atoms with E-state index in [1.807, 2.05) is 30.3 Å². The average molecular weight is 197 g/mol. The Hall–Kier alpha value is -0.570. The minimum Gasteiger partial charge on any atom is -0.312 e. The van der Waals surface area contributed by atoms with Crippen LogP contribution in [0, 0.1) is 0 Å². The molecule has 1 aromatic rings. The maximum absolute atomic E-state index is 6.43. The Kier molecular flexibility index (Phi) is 2.54. The predicted molar refractivity (Wildman–Crippen MR) is 54.8 cm³/mol. The second kappa shape index (κ2) is 3.66. The van der Waals surface area contributed by atoms with Crippen LogP contribution in [0.2, 0.25) is 0 Å². The number of rotatable bonds is 1. The molecule has 0 radical (unpaired) electrons. The normalized spacial score (nSPS) is 28.7. The predicted octanol–water partition coefficient (Wildman–Crippen LogP) is 1.27. The first-order valence-electron chi connectivity index (χ1n) is 4.51. The molecule has 1 aromatic carbocycles. The number of hydrogen-bond acceptors (Lipinski definition) is 2. The van der Waals surface area contributed by atoms with Gasteiger partial charge in [-0.3, -0.25) is 5.32 Å². The molecule has 1 aliphatic heterocycles. The summed E-state index contributed by atoms with van der Waals surface area (Å²) in [4.78, 5) is -0.417.